The summed E-state index contributed by atoms with van der Waals surface area (Å²) in [6.07, 6.45) is 3.75. The van der Waals surface area contributed by atoms with Crippen LogP contribution in [0, 0.1) is 5.92 Å². The molecule has 0 saturated heterocycles. The zero-order chi connectivity index (χ0) is 32.3. The van der Waals surface area contributed by atoms with Crippen LogP contribution in [-0.4, -0.2) is 52.7 Å². The normalized spacial score (nSPS) is 14.1. The second kappa shape index (κ2) is 20.4. The molecule has 0 saturated carbocycles. The molecule has 0 rings (SSSR count). The lowest BCUT2D eigenvalue weighted by atomic mass is 9.99. The van der Waals surface area contributed by atoms with Crippen molar-refractivity contribution in [2.45, 2.75) is 170 Å². The Balaban J connectivity index is 0. The molecule has 0 amide bonds. The van der Waals surface area contributed by atoms with E-state index in [0.717, 1.165) is 38.5 Å². The monoisotopic (exact) mass is 596 g/mol. The molecular formula is C30H60O11. The fourth-order valence-electron chi connectivity index (χ4n) is 2.74. The lowest BCUT2D eigenvalue weighted by Gasteiger charge is -2.32. The molecule has 41 heavy (non-hydrogen) atoms. The maximum Gasteiger partial charge on any atom is 0.508 e. The van der Waals surface area contributed by atoms with Gasteiger partial charge in [0.2, 0.25) is 12.1 Å². The highest BCUT2D eigenvalue weighted by atomic mass is 17.3. The smallest absolute Gasteiger partial charge is 0.466 e. The molecule has 11 nitrogen and oxygen atoms in total. The predicted octanol–water partition coefficient (Wildman–Crippen LogP) is 8.29. The lowest BCUT2D eigenvalue weighted by molar-refractivity contribution is -0.537. The Hall–Kier alpha value is -1.50. The van der Waals surface area contributed by atoms with Crippen LogP contribution in [0.1, 0.15) is 141 Å². The number of unbranched alkanes of at least 4 members (excludes halogenated alkanes) is 2. The Morgan fingerprint density at radius 1 is 0.707 bits per heavy atom. The van der Waals surface area contributed by atoms with E-state index in [0.29, 0.717) is 6.61 Å². The van der Waals surface area contributed by atoms with Crippen molar-refractivity contribution in [1.29, 1.82) is 0 Å². The summed E-state index contributed by atoms with van der Waals surface area (Å²) in [6.45, 7) is 24.9. The van der Waals surface area contributed by atoms with E-state index in [1.165, 1.54) is 0 Å². The highest BCUT2D eigenvalue weighted by molar-refractivity contribution is 5.69. The Labute approximate surface area is 248 Å². The molecule has 11 heteroatoms. The summed E-state index contributed by atoms with van der Waals surface area (Å²) in [5, 5.41) is 8.73. The first-order valence-corrected chi connectivity index (χ1v) is 14.8. The number of ether oxygens (including phenoxy) is 2. The van der Waals surface area contributed by atoms with E-state index in [1.807, 2.05) is 76.2 Å². The van der Waals surface area contributed by atoms with Crippen LogP contribution in [-0.2, 0) is 43.6 Å². The SMILES string of the molecule is CCCCC(CC)C(OOC(C)(C)C)OC(=O)O.CCCCOC(=O)CCC(C)(OOC(C)(C)C)OOC(C)(C)C. The molecule has 2 unspecified atom stereocenters. The van der Waals surface area contributed by atoms with E-state index in [9.17, 15) is 9.59 Å². The first-order valence-electron chi connectivity index (χ1n) is 14.8. The van der Waals surface area contributed by atoms with Gasteiger partial charge in [0.05, 0.1) is 29.8 Å². The number of esters is 1. The van der Waals surface area contributed by atoms with Crippen molar-refractivity contribution >= 4 is 12.1 Å². The number of hydrogen-bond donors (Lipinski definition) is 1. The summed E-state index contributed by atoms with van der Waals surface area (Å²) in [5.74, 6) is -1.48. The number of rotatable bonds is 18. The van der Waals surface area contributed by atoms with Gasteiger partial charge in [-0.05, 0) is 88.5 Å². The highest BCUT2D eigenvalue weighted by Crippen LogP contribution is 2.26. The summed E-state index contributed by atoms with van der Waals surface area (Å²) in [4.78, 5) is 54.2. The van der Waals surface area contributed by atoms with Crippen LogP contribution in [0.3, 0.4) is 0 Å². The van der Waals surface area contributed by atoms with Crippen LogP contribution < -0.4 is 0 Å². The van der Waals surface area contributed by atoms with Gasteiger partial charge in [-0.25, -0.2) is 19.5 Å². The Kier molecular flexibility index (Phi) is 20.7. The number of hydrogen-bond acceptors (Lipinski definition) is 10. The summed E-state index contributed by atoms with van der Waals surface area (Å²) in [6, 6.07) is 0. The minimum atomic E-state index is -1.34. The molecule has 2 atom stereocenters. The second-order valence-electron chi connectivity index (χ2n) is 13.1. The zero-order valence-electron chi connectivity index (χ0n) is 28.0. The third kappa shape index (κ3) is 27.1. The van der Waals surface area contributed by atoms with Gasteiger partial charge in [-0.15, -0.1) is 0 Å². The van der Waals surface area contributed by atoms with Crippen LogP contribution in [0.15, 0.2) is 0 Å². The van der Waals surface area contributed by atoms with Gasteiger partial charge in [-0.2, -0.15) is 14.7 Å². The lowest BCUT2D eigenvalue weighted by Crippen LogP contribution is -2.39. The minimum absolute atomic E-state index is 0.0170. The van der Waals surface area contributed by atoms with Gasteiger partial charge in [0.25, 0.3) is 0 Å². The van der Waals surface area contributed by atoms with E-state index < -0.39 is 35.0 Å². The molecule has 0 aliphatic carbocycles. The largest absolute Gasteiger partial charge is 0.508 e. The first-order chi connectivity index (χ1) is 18.7. The molecule has 0 bridgehead atoms. The van der Waals surface area contributed by atoms with Crippen LogP contribution in [0.4, 0.5) is 4.79 Å². The topological polar surface area (TPSA) is 128 Å². The molecule has 0 aliphatic heterocycles. The van der Waals surface area contributed by atoms with Gasteiger partial charge in [-0.1, -0.05) is 40.0 Å². The summed E-state index contributed by atoms with van der Waals surface area (Å²) in [7, 11) is 0. The molecule has 0 aromatic heterocycles. The molecule has 246 valence electrons. The molecule has 0 fully saturated rings. The number of carbonyl (C=O) groups excluding carboxylic acids is 1. The van der Waals surface area contributed by atoms with Gasteiger partial charge >= 0.3 is 12.1 Å². The van der Waals surface area contributed by atoms with Crippen molar-refractivity contribution in [2.24, 2.45) is 5.92 Å². The molecular weight excluding hydrogens is 536 g/mol. The van der Waals surface area contributed by atoms with E-state index in [1.54, 1.807) is 6.92 Å². The second-order valence-corrected chi connectivity index (χ2v) is 13.1. The fraction of sp³-hybridized carbons (Fsp3) is 0.933. The summed E-state index contributed by atoms with van der Waals surface area (Å²) in [5.41, 5.74) is -1.51. The maximum atomic E-state index is 11.8. The van der Waals surface area contributed by atoms with Gasteiger partial charge < -0.3 is 14.6 Å². The summed E-state index contributed by atoms with van der Waals surface area (Å²) < 4.78 is 9.90. The van der Waals surface area contributed by atoms with E-state index >= 15 is 0 Å². The molecule has 0 aromatic carbocycles. The third-order valence-corrected chi connectivity index (χ3v) is 4.93. The van der Waals surface area contributed by atoms with Crippen molar-refractivity contribution in [3.8, 4) is 0 Å². The van der Waals surface area contributed by atoms with Crippen LogP contribution in [0.25, 0.3) is 0 Å². The zero-order valence-corrected chi connectivity index (χ0v) is 28.0. The quantitative estimate of drug-likeness (QED) is 0.0539. The molecule has 0 radical (unpaired) electrons. The van der Waals surface area contributed by atoms with Crippen LogP contribution in [0.5, 0.6) is 0 Å². The molecule has 1 N–H and O–H groups in total. The molecule has 0 aromatic rings. The Morgan fingerprint density at radius 3 is 1.59 bits per heavy atom. The average molecular weight is 597 g/mol. The minimum Gasteiger partial charge on any atom is -0.466 e. The third-order valence-electron chi connectivity index (χ3n) is 4.93. The number of carbonyl (C=O) groups is 2. The van der Waals surface area contributed by atoms with Crippen LogP contribution in [0.2, 0.25) is 0 Å². The van der Waals surface area contributed by atoms with Crippen molar-refractivity contribution in [3.05, 3.63) is 0 Å². The van der Waals surface area contributed by atoms with Gasteiger partial charge in [0.15, 0.2) is 0 Å². The standard InChI is InChI=1S/C17H34O6.C13H26O5/c1-9-10-13-19-14(18)11-12-17(8,22-20-15(2,3)4)23-21-16(5,6)7;1-6-8-9-10(7-2)11(16-12(14)15)17-18-13(3,4)5/h9-13H2,1-8H3;10-11H,6-9H2,1-5H3,(H,14,15). The summed E-state index contributed by atoms with van der Waals surface area (Å²) >= 11 is 0. The van der Waals surface area contributed by atoms with Gasteiger partial charge in [0.1, 0.15) is 0 Å². The van der Waals surface area contributed by atoms with Crippen molar-refractivity contribution in [2.75, 3.05) is 6.61 Å². The van der Waals surface area contributed by atoms with Gasteiger partial charge in [-0.3, -0.25) is 4.79 Å². The average Bonchev–Trinajstić information content (AvgIpc) is 2.83. The van der Waals surface area contributed by atoms with E-state index in [-0.39, 0.29) is 24.7 Å². The van der Waals surface area contributed by atoms with E-state index in [4.69, 9.17) is 43.9 Å². The van der Waals surface area contributed by atoms with Crippen molar-refractivity contribution in [1.82, 2.24) is 0 Å². The predicted molar refractivity (Wildman–Crippen MR) is 155 cm³/mol. The highest BCUT2D eigenvalue weighted by Gasteiger charge is 2.34. The molecule has 0 spiro atoms. The van der Waals surface area contributed by atoms with Crippen LogP contribution >= 0.6 is 0 Å². The fourth-order valence-corrected chi connectivity index (χ4v) is 2.74. The maximum absolute atomic E-state index is 11.8. The van der Waals surface area contributed by atoms with Gasteiger partial charge in [0, 0.05) is 12.3 Å². The van der Waals surface area contributed by atoms with Crippen molar-refractivity contribution in [3.63, 3.8) is 0 Å². The van der Waals surface area contributed by atoms with Crippen molar-refractivity contribution < 1.29 is 53.5 Å². The molecule has 0 aliphatic rings. The Morgan fingerprint density at radius 2 is 1.20 bits per heavy atom. The van der Waals surface area contributed by atoms with E-state index in [2.05, 4.69) is 6.92 Å². The molecule has 0 heterocycles. The Bertz CT molecular complexity index is 672. The number of carboxylic acid groups (broad SMARTS) is 1. The first kappa shape index (κ1) is 41.6.